The van der Waals surface area contributed by atoms with Gasteiger partial charge >= 0.3 is 0 Å². The molecule has 0 aliphatic carbocycles. The first-order valence-electron chi connectivity index (χ1n) is 8.53. The van der Waals surface area contributed by atoms with Crippen LogP contribution in [0.5, 0.6) is 0 Å². The van der Waals surface area contributed by atoms with Crippen LogP contribution in [0.2, 0.25) is 0 Å². The second kappa shape index (κ2) is 14.5. The molecule has 0 bridgehead atoms. The Labute approximate surface area is 153 Å². The summed E-state index contributed by atoms with van der Waals surface area (Å²) in [5.41, 5.74) is 0. The van der Waals surface area contributed by atoms with Gasteiger partial charge in [-0.05, 0) is 46.1 Å². The zero-order valence-corrected chi connectivity index (χ0v) is 16.9. The van der Waals surface area contributed by atoms with Crippen molar-refractivity contribution in [3.63, 3.8) is 0 Å². The summed E-state index contributed by atoms with van der Waals surface area (Å²) >= 11 is 0. The molecule has 0 aromatic heterocycles. The van der Waals surface area contributed by atoms with Crippen molar-refractivity contribution >= 4 is 29.9 Å². The van der Waals surface area contributed by atoms with E-state index in [4.69, 9.17) is 4.74 Å². The molecule has 1 unspecified atom stereocenters. The van der Waals surface area contributed by atoms with Crippen LogP contribution in [0.4, 0.5) is 0 Å². The van der Waals surface area contributed by atoms with Gasteiger partial charge in [-0.15, -0.1) is 24.0 Å². The molecule has 0 radical (unpaired) electrons. The second-order valence-electron chi connectivity index (χ2n) is 5.77. The molecule has 1 atom stereocenters. The Morgan fingerprint density at radius 2 is 2.09 bits per heavy atom. The van der Waals surface area contributed by atoms with Crippen molar-refractivity contribution in [3.8, 4) is 0 Å². The third-order valence-corrected chi connectivity index (χ3v) is 3.98. The van der Waals surface area contributed by atoms with E-state index >= 15 is 0 Å². The highest BCUT2D eigenvalue weighted by Crippen LogP contribution is 2.15. The summed E-state index contributed by atoms with van der Waals surface area (Å²) in [6.07, 6.45) is 6.26. The molecule has 1 saturated heterocycles. The van der Waals surface area contributed by atoms with Gasteiger partial charge in [-0.1, -0.05) is 6.42 Å². The fraction of sp³-hybridized carbons (Fsp3) is 0.938. The molecule has 0 aromatic carbocycles. The number of piperidine rings is 1. The van der Waals surface area contributed by atoms with Crippen LogP contribution in [0.1, 0.15) is 46.0 Å². The van der Waals surface area contributed by atoms with Crippen molar-refractivity contribution < 1.29 is 4.74 Å². The maximum Gasteiger partial charge on any atom is 0.191 e. The van der Waals surface area contributed by atoms with Gasteiger partial charge in [0, 0.05) is 45.9 Å². The van der Waals surface area contributed by atoms with Gasteiger partial charge in [0.15, 0.2) is 5.96 Å². The maximum absolute atomic E-state index is 5.04. The van der Waals surface area contributed by atoms with E-state index in [0.717, 1.165) is 44.7 Å². The number of nitrogens with zero attached hydrogens (tertiary/aromatic N) is 2. The zero-order chi connectivity index (χ0) is 15.3. The number of nitrogens with one attached hydrogen (secondary N) is 2. The number of guanidine groups is 1. The van der Waals surface area contributed by atoms with Crippen molar-refractivity contribution in [2.75, 3.05) is 46.4 Å². The van der Waals surface area contributed by atoms with Crippen LogP contribution >= 0.6 is 24.0 Å². The topological polar surface area (TPSA) is 48.9 Å². The lowest BCUT2D eigenvalue weighted by Gasteiger charge is -2.33. The number of likely N-dealkylation sites (tertiary alicyclic amines) is 1. The Morgan fingerprint density at radius 3 is 2.77 bits per heavy atom. The number of halogens is 1. The summed E-state index contributed by atoms with van der Waals surface area (Å²) in [5.74, 6) is 0.931. The number of rotatable bonds is 9. The predicted octanol–water partition coefficient (Wildman–Crippen LogP) is 2.46. The lowest BCUT2D eigenvalue weighted by Crippen LogP contribution is -2.41. The zero-order valence-electron chi connectivity index (χ0n) is 14.6. The summed E-state index contributed by atoms with van der Waals surface area (Å²) in [4.78, 5) is 7.17. The van der Waals surface area contributed by atoms with Gasteiger partial charge in [0.05, 0.1) is 0 Å². The minimum atomic E-state index is 0. The van der Waals surface area contributed by atoms with Gasteiger partial charge in [-0.2, -0.15) is 0 Å². The Balaban J connectivity index is 0.00000441. The van der Waals surface area contributed by atoms with Crippen LogP contribution in [-0.4, -0.2) is 63.3 Å². The molecule has 1 aliphatic rings. The molecule has 22 heavy (non-hydrogen) atoms. The molecule has 0 aromatic rings. The minimum Gasteiger partial charge on any atom is -0.385 e. The third-order valence-electron chi connectivity index (χ3n) is 3.98. The van der Waals surface area contributed by atoms with Gasteiger partial charge in [0.25, 0.3) is 0 Å². The highest BCUT2D eigenvalue weighted by atomic mass is 127. The third kappa shape index (κ3) is 9.84. The molecule has 6 heteroatoms. The van der Waals surface area contributed by atoms with Crippen molar-refractivity contribution in [3.05, 3.63) is 0 Å². The van der Waals surface area contributed by atoms with Gasteiger partial charge in [0.1, 0.15) is 0 Å². The summed E-state index contributed by atoms with van der Waals surface area (Å²) in [6.45, 7) is 10.4. The van der Waals surface area contributed by atoms with Crippen molar-refractivity contribution in [1.29, 1.82) is 0 Å². The molecule has 1 fully saturated rings. The Kier molecular flexibility index (Phi) is 14.5. The molecule has 1 aliphatic heterocycles. The van der Waals surface area contributed by atoms with Gasteiger partial charge in [-0.25, -0.2) is 0 Å². The van der Waals surface area contributed by atoms with E-state index in [1.165, 1.54) is 38.8 Å². The molecule has 0 amide bonds. The van der Waals surface area contributed by atoms with Gasteiger partial charge in [-0.3, -0.25) is 4.99 Å². The van der Waals surface area contributed by atoms with Crippen molar-refractivity contribution in [2.24, 2.45) is 4.99 Å². The van der Waals surface area contributed by atoms with E-state index in [-0.39, 0.29) is 24.0 Å². The fourth-order valence-corrected chi connectivity index (χ4v) is 2.72. The molecule has 0 spiro atoms. The lowest BCUT2D eigenvalue weighted by molar-refractivity contribution is 0.159. The summed E-state index contributed by atoms with van der Waals surface area (Å²) in [6, 6.07) is 0.759. The van der Waals surface area contributed by atoms with Crippen LogP contribution < -0.4 is 10.6 Å². The van der Waals surface area contributed by atoms with E-state index < -0.39 is 0 Å². The Morgan fingerprint density at radius 1 is 1.27 bits per heavy atom. The highest BCUT2D eigenvalue weighted by Gasteiger charge is 2.16. The van der Waals surface area contributed by atoms with Gasteiger partial charge in [0.2, 0.25) is 0 Å². The van der Waals surface area contributed by atoms with E-state index in [1.807, 2.05) is 0 Å². The van der Waals surface area contributed by atoms with Crippen molar-refractivity contribution in [1.82, 2.24) is 15.5 Å². The van der Waals surface area contributed by atoms with Crippen LogP contribution in [0.15, 0.2) is 4.99 Å². The molecule has 0 saturated carbocycles. The summed E-state index contributed by atoms with van der Waals surface area (Å²) in [7, 11) is 1.73. The van der Waals surface area contributed by atoms with E-state index in [2.05, 4.69) is 34.4 Å². The molecule has 1 heterocycles. The Hall–Kier alpha value is -0.0800. The Bertz CT molecular complexity index is 289. The average Bonchev–Trinajstić information content (AvgIpc) is 2.49. The van der Waals surface area contributed by atoms with Crippen LogP contribution in [-0.2, 0) is 4.74 Å². The van der Waals surface area contributed by atoms with Crippen molar-refractivity contribution in [2.45, 2.75) is 52.0 Å². The van der Waals surface area contributed by atoms with Gasteiger partial charge < -0.3 is 20.3 Å². The number of ether oxygens (including phenoxy) is 1. The monoisotopic (exact) mass is 426 g/mol. The SMILES string of the molecule is CCNC(=NCCCOC)NCCCN1CCCCC1C.I. The van der Waals surface area contributed by atoms with Crippen LogP contribution in [0, 0.1) is 0 Å². The van der Waals surface area contributed by atoms with E-state index in [0.29, 0.717) is 0 Å². The second-order valence-corrected chi connectivity index (χ2v) is 5.77. The molecule has 2 N–H and O–H groups in total. The normalized spacial score (nSPS) is 19.6. The molecule has 132 valence electrons. The number of hydrogen-bond donors (Lipinski definition) is 2. The minimum absolute atomic E-state index is 0. The highest BCUT2D eigenvalue weighted by molar-refractivity contribution is 14.0. The standard InChI is InChI=1S/C16H34N4O.HI/c1-4-17-16(19-11-8-14-21-3)18-10-7-13-20-12-6-5-9-15(20)2;/h15H,4-14H2,1-3H3,(H2,17,18,19);1H. The largest absolute Gasteiger partial charge is 0.385 e. The first-order valence-corrected chi connectivity index (χ1v) is 8.53. The quantitative estimate of drug-likeness (QED) is 0.258. The number of methoxy groups -OCH3 is 1. The fourth-order valence-electron chi connectivity index (χ4n) is 2.72. The van der Waals surface area contributed by atoms with Crippen LogP contribution in [0.25, 0.3) is 0 Å². The molecule has 1 rings (SSSR count). The molecular formula is C16H35IN4O. The smallest absolute Gasteiger partial charge is 0.191 e. The first kappa shape index (κ1) is 21.9. The van der Waals surface area contributed by atoms with Crippen LogP contribution in [0.3, 0.4) is 0 Å². The number of aliphatic imine (C=N–C) groups is 1. The maximum atomic E-state index is 5.04. The van der Waals surface area contributed by atoms with E-state index in [1.54, 1.807) is 7.11 Å². The average molecular weight is 426 g/mol. The first-order chi connectivity index (χ1) is 10.3. The lowest BCUT2D eigenvalue weighted by atomic mass is 10.0. The summed E-state index contributed by atoms with van der Waals surface area (Å²) < 4.78 is 5.04. The summed E-state index contributed by atoms with van der Waals surface area (Å²) in [5, 5.41) is 6.71. The number of hydrogen-bond acceptors (Lipinski definition) is 3. The van der Waals surface area contributed by atoms with E-state index in [9.17, 15) is 0 Å². The molecule has 5 nitrogen and oxygen atoms in total. The molecular weight excluding hydrogens is 391 g/mol. The predicted molar refractivity (Wildman–Crippen MR) is 105 cm³/mol.